The number of piperidine rings is 1. The van der Waals surface area contributed by atoms with Crippen molar-refractivity contribution in [3.63, 3.8) is 0 Å². The lowest BCUT2D eigenvalue weighted by Crippen LogP contribution is -2.51. The molecule has 6 heterocycles. The first kappa shape index (κ1) is 35.6. The van der Waals surface area contributed by atoms with Crippen molar-refractivity contribution in [2.24, 2.45) is 10.9 Å². The zero-order chi connectivity index (χ0) is 38.1. The third-order valence-corrected chi connectivity index (χ3v) is 12.3. The lowest BCUT2D eigenvalue weighted by Gasteiger charge is -2.38. The predicted octanol–water partition coefficient (Wildman–Crippen LogP) is 3.35. The van der Waals surface area contributed by atoms with E-state index < -0.39 is 40.1 Å². The number of ether oxygens (including phenoxy) is 2. The van der Waals surface area contributed by atoms with Gasteiger partial charge in [-0.05, 0) is 49.8 Å². The highest BCUT2D eigenvalue weighted by atomic mass is 32.2. The molecule has 1 amide bonds. The Hall–Kier alpha value is -5.10. The van der Waals surface area contributed by atoms with Gasteiger partial charge in [0.15, 0.2) is 17.4 Å². The fourth-order valence-electron chi connectivity index (χ4n) is 8.53. The van der Waals surface area contributed by atoms with E-state index in [2.05, 4.69) is 14.9 Å². The number of benzene rings is 2. The molecule has 4 aliphatic heterocycles. The number of hydrogen-bond donors (Lipinski definition) is 2. The van der Waals surface area contributed by atoms with Crippen LogP contribution in [0.15, 0.2) is 63.4 Å². The lowest BCUT2D eigenvalue weighted by molar-refractivity contribution is -0.112. The number of aliphatic imine (C=N–C) groups is 1. The van der Waals surface area contributed by atoms with E-state index in [0.717, 1.165) is 31.7 Å². The molecule has 55 heavy (non-hydrogen) atoms. The normalized spacial score (nSPS) is 24.6. The second-order valence-electron chi connectivity index (χ2n) is 14.5. The zero-order valence-corrected chi connectivity index (χ0v) is 30.7. The number of halogens is 1. The number of pyridine rings is 1. The Balaban J connectivity index is 0.996. The van der Waals surface area contributed by atoms with Crippen LogP contribution in [-0.4, -0.2) is 104 Å². The molecule has 2 aromatic carbocycles. The van der Waals surface area contributed by atoms with Gasteiger partial charge in [0, 0.05) is 55.4 Å². The summed E-state index contributed by atoms with van der Waals surface area (Å²) in [7, 11) is 1.44. The van der Waals surface area contributed by atoms with Crippen LogP contribution in [0.1, 0.15) is 53.9 Å². The van der Waals surface area contributed by atoms with Crippen LogP contribution in [0.2, 0.25) is 0 Å². The molecule has 9 rings (SSSR count). The first-order chi connectivity index (χ1) is 26.6. The highest BCUT2D eigenvalue weighted by Crippen LogP contribution is 2.46. The van der Waals surface area contributed by atoms with Gasteiger partial charge >= 0.3 is 11.7 Å². The molecule has 4 atom stereocenters. The fraction of sp³-hybridized carbons (Fsp3) is 0.421. The Morgan fingerprint density at radius 2 is 1.95 bits per heavy atom. The quantitative estimate of drug-likeness (QED) is 0.255. The SMILES string of the molecule is COc1c(N2CC3CCCN(CN4C(=O)C(=Nc5ccn(C6CSC(CO)O6)c(=O)n5)c5ccccc54)C3C2)c(F)cc2c(=O)c(C(=O)O)cn(C3CC3)c12. The minimum atomic E-state index is -1.36. The summed E-state index contributed by atoms with van der Waals surface area (Å²) < 4.78 is 30.9. The van der Waals surface area contributed by atoms with Crippen LogP contribution in [0, 0.1) is 11.7 Å². The number of nitrogens with zero attached hydrogens (tertiary/aromatic N) is 7. The first-order valence-corrected chi connectivity index (χ1v) is 19.3. The topological polar surface area (TPSA) is 172 Å². The Bertz CT molecular complexity index is 2400. The standard InChI is InChI=1S/C38H38FN7O8S/c1-53-35-32-23(34(48)24(37(50)51)15-45(32)21-8-9-21)13-25(39)33(35)43-14-20-5-4-11-42(27(20)16-43)19-46-26-7-3-2-6-22(26)31(36(46)49)40-28-10-12-44(38(52)41-28)29-18-55-30(17-47)54-29/h2-3,6-7,10,12-13,15,20-21,27,29-30,47H,4-5,8-9,11,14,16-19H2,1H3,(H,50,51). The van der Waals surface area contributed by atoms with Crippen molar-refractivity contribution in [3.8, 4) is 5.75 Å². The minimum absolute atomic E-state index is 0.0121. The summed E-state index contributed by atoms with van der Waals surface area (Å²) in [5, 5.41) is 19.1. The molecule has 1 aliphatic carbocycles. The molecule has 4 unspecified atom stereocenters. The van der Waals surface area contributed by atoms with E-state index in [1.54, 1.807) is 15.5 Å². The summed E-state index contributed by atoms with van der Waals surface area (Å²) in [6.07, 6.45) is 5.72. The average molecular weight is 772 g/mol. The van der Waals surface area contributed by atoms with Gasteiger partial charge in [-0.3, -0.25) is 24.0 Å². The van der Waals surface area contributed by atoms with Gasteiger partial charge in [-0.15, -0.1) is 11.8 Å². The van der Waals surface area contributed by atoms with Crippen LogP contribution >= 0.6 is 11.8 Å². The van der Waals surface area contributed by atoms with Crippen LogP contribution in [-0.2, 0) is 9.53 Å². The molecule has 15 nitrogen and oxygen atoms in total. The van der Waals surface area contributed by atoms with Gasteiger partial charge in [0.25, 0.3) is 5.91 Å². The molecule has 5 aliphatic rings. The number of carboxylic acid groups (broad SMARTS) is 1. The Kier molecular flexibility index (Phi) is 8.98. The number of hydrogen-bond acceptors (Lipinski definition) is 12. The smallest absolute Gasteiger partial charge is 0.351 e. The number of aliphatic hydroxyl groups is 1. The van der Waals surface area contributed by atoms with E-state index in [9.17, 15) is 29.4 Å². The maximum Gasteiger partial charge on any atom is 0.351 e. The van der Waals surface area contributed by atoms with E-state index in [4.69, 9.17) is 9.47 Å². The molecule has 17 heteroatoms. The van der Waals surface area contributed by atoms with E-state index in [-0.39, 0.29) is 65.5 Å². The van der Waals surface area contributed by atoms with Crippen LogP contribution < -0.4 is 25.7 Å². The lowest BCUT2D eigenvalue weighted by atomic mass is 9.92. The van der Waals surface area contributed by atoms with E-state index >= 15 is 4.39 Å². The molecule has 1 saturated carbocycles. The number of amides is 1. The summed E-state index contributed by atoms with van der Waals surface area (Å²) in [4.78, 5) is 66.9. The number of methoxy groups -OCH3 is 1. The molecule has 0 radical (unpaired) electrons. The first-order valence-electron chi connectivity index (χ1n) is 18.3. The van der Waals surface area contributed by atoms with Crippen LogP contribution in [0.3, 0.4) is 0 Å². The Labute approximate surface area is 317 Å². The maximum atomic E-state index is 16.2. The zero-order valence-electron chi connectivity index (χ0n) is 29.8. The molecule has 0 bridgehead atoms. The van der Waals surface area contributed by atoms with Gasteiger partial charge in [-0.25, -0.2) is 19.0 Å². The molecule has 0 spiro atoms. The fourth-order valence-corrected chi connectivity index (χ4v) is 9.46. The van der Waals surface area contributed by atoms with Gasteiger partial charge in [-0.1, -0.05) is 18.2 Å². The van der Waals surface area contributed by atoms with Crippen molar-refractivity contribution < 1.29 is 33.7 Å². The second-order valence-corrected chi connectivity index (χ2v) is 15.7. The highest BCUT2D eigenvalue weighted by Gasteiger charge is 2.44. The van der Waals surface area contributed by atoms with Crippen LogP contribution in [0.5, 0.6) is 5.75 Å². The third-order valence-electron chi connectivity index (χ3n) is 11.2. The summed E-state index contributed by atoms with van der Waals surface area (Å²) in [6, 6.07) is 10.0. The maximum absolute atomic E-state index is 16.2. The molecule has 286 valence electrons. The minimum Gasteiger partial charge on any atom is -0.492 e. The molecule has 2 aromatic heterocycles. The predicted molar refractivity (Wildman–Crippen MR) is 202 cm³/mol. The van der Waals surface area contributed by atoms with Gasteiger partial charge in [0.05, 0.1) is 37.0 Å². The number of para-hydroxylation sites is 1. The largest absolute Gasteiger partial charge is 0.492 e. The van der Waals surface area contributed by atoms with Crippen LogP contribution in [0.4, 0.5) is 21.6 Å². The van der Waals surface area contributed by atoms with Crippen molar-refractivity contribution in [3.05, 3.63) is 86.4 Å². The monoisotopic (exact) mass is 771 g/mol. The van der Waals surface area contributed by atoms with E-state index in [1.165, 1.54) is 35.8 Å². The second kappa shape index (κ2) is 13.9. The summed E-state index contributed by atoms with van der Waals surface area (Å²) in [5.74, 6) is -1.42. The van der Waals surface area contributed by atoms with Gasteiger partial charge in [0.2, 0.25) is 5.43 Å². The summed E-state index contributed by atoms with van der Waals surface area (Å²) in [6.45, 7) is 1.78. The van der Waals surface area contributed by atoms with Crippen molar-refractivity contribution >= 4 is 57.4 Å². The van der Waals surface area contributed by atoms with Gasteiger partial charge in [0.1, 0.15) is 28.6 Å². The average Bonchev–Trinajstić information content (AvgIpc) is 3.65. The molecule has 3 saturated heterocycles. The molecular weight excluding hydrogens is 734 g/mol. The van der Waals surface area contributed by atoms with E-state index in [0.29, 0.717) is 42.2 Å². The van der Waals surface area contributed by atoms with Crippen molar-refractivity contribution in [2.45, 2.75) is 49.4 Å². The van der Waals surface area contributed by atoms with Gasteiger partial charge in [-0.2, -0.15) is 4.98 Å². The number of aliphatic hydroxyl groups excluding tert-OH is 1. The van der Waals surface area contributed by atoms with Crippen molar-refractivity contribution in [2.75, 3.05) is 55.6 Å². The van der Waals surface area contributed by atoms with Gasteiger partial charge < -0.3 is 29.2 Å². The van der Waals surface area contributed by atoms with Crippen LogP contribution in [0.25, 0.3) is 10.9 Å². The molecule has 4 fully saturated rings. The number of thioether (sulfide) groups is 1. The van der Waals surface area contributed by atoms with E-state index in [1.807, 2.05) is 29.2 Å². The number of carbonyl (C=O) groups is 2. The Morgan fingerprint density at radius 1 is 1.13 bits per heavy atom. The number of aromatic carboxylic acids is 1. The number of rotatable bonds is 9. The van der Waals surface area contributed by atoms with Crippen molar-refractivity contribution in [1.82, 2.24) is 19.0 Å². The number of aromatic nitrogens is 3. The Morgan fingerprint density at radius 3 is 2.67 bits per heavy atom. The number of anilines is 2. The third kappa shape index (κ3) is 6.09. The highest BCUT2D eigenvalue weighted by molar-refractivity contribution is 8.00. The molecular formula is C38H38FN7O8S. The number of fused-ring (bicyclic) bond motifs is 3. The van der Waals surface area contributed by atoms with Crippen molar-refractivity contribution in [1.29, 1.82) is 0 Å². The molecule has 2 N–H and O–H groups in total. The number of carboxylic acids is 1. The summed E-state index contributed by atoms with van der Waals surface area (Å²) >= 11 is 1.41. The molecule has 4 aromatic rings. The number of likely N-dealkylation sites (tertiary alicyclic amines) is 1. The number of carbonyl (C=O) groups excluding carboxylic acids is 1. The summed E-state index contributed by atoms with van der Waals surface area (Å²) in [5.41, 5.74) is -0.0426.